The van der Waals surface area contributed by atoms with Gasteiger partial charge in [-0.05, 0) is 43.0 Å². The van der Waals surface area contributed by atoms with Crippen molar-refractivity contribution in [3.8, 4) is 11.8 Å². The van der Waals surface area contributed by atoms with Gasteiger partial charge >= 0.3 is 0 Å². The summed E-state index contributed by atoms with van der Waals surface area (Å²) in [5.41, 5.74) is 2.60. The van der Waals surface area contributed by atoms with E-state index in [1.807, 2.05) is 19.1 Å². The maximum Gasteiger partial charge on any atom is 0.119 e. The summed E-state index contributed by atoms with van der Waals surface area (Å²) in [4.78, 5) is 0. The first-order valence-corrected chi connectivity index (χ1v) is 5.67. The lowest BCUT2D eigenvalue weighted by Crippen LogP contribution is -2.06. The zero-order chi connectivity index (χ0) is 12.1. The molecule has 0 saturated heterocycles. The molecule has 1 aromatic carbocycles. The lowest BCUT2D eigenvalue weighted by molar-refractivity contribution is 0.288. The fourth-order valence-corrected chi connectivity index (χ4v) is 1.64. The van der Waals surface area contributed by atoms with Crippen molar-refractivity contribution in [2.75, 3.05) is 6.61 Å². The topological polar surface area (TPSA) is 33.0 Å². The molecule has 0 aliphatic carbocycles. The van der Waals surface area contributed by atoms with Crippen LogP contribution in [0.5, 0.6) is 5.75 Å². The first kappa shape index (κ1) is 12.6. The summed E-state index contributed by atoms with van der Waals surface area (Å²) in [6.07, 6.45) is 0. The number of benzene rings is 1. The van der Waals surface area contributed by atoms with Gasteiger partial charge in [-0.25, -0.2) is 0 Å². The van der Waals surface area contributed by atoms with E-state index in [0.717, 1.165) is 5.75 Å². The second-order valence-corrected chi connectivity index (χ2v) is 4.51. The van der Waals surface area contributed by atoms with Gasteiger partial charge in [0.25, 0.3) is 0 Å². The highest BCUT2D eigenvalue weighted by molar-refractivity contribution is 5.36. The van der Waals surface area contributed by atoms with Gasteiger partial charge in [0.2, 0.25) is 0 Å². The van der Waals surface area contributed by atoms with Gasteiger partial charge in [0, 0.05) is 0 Å². The van der Waals surface area contributed by atoms with E-state index < -0.39 is 0 Å². The van der Waals surface area contributed by atoms with Gasteiger partial charge in [-0.15, -0.1) is 0 Å². The van der Waals surface area contributed by atoms with Gasteiger partial charge in [-0.1, -0.05) is 19.9 Å². The normalized spacial score (nSPS) is 12.2. The Labute approximate surface area is 97.9 Å². The summed E-state index contributed by atoms with van der Waals surface area (Å²) in [7, 11) is 0. The minimum atomic E-state index is -0.0647. The zero-order valence-electron chi connectivity index (χ0n) is 10.4. The molecule has 0 aromatic heterocycles. The monoisotopic (exact) mass is 217 g/mol. The average Bonchev–Trinajstić information content (AvgIpc) is 2.25. The van der Waals surface area contributed by atoms with Crippen molar-refractivity contribution >= 4 is 0 Å². The van der Waals surface area contributed by atoms with Crippen LogP contribution in [0, 0.1) is 24.2 Å². The van der Waals surface area contributed by atoms with E-state index in [0.29, 0.717) is 12.5 Å². The highest BCUT2D eigenvalue weighted by Gasteiger charge is 2.06. The third-order valence-electron chi connectivity index (χ3n) is 2.58. The van der Waals surface area contributed by atoms with Crippen LogP contribution >= 0.6 is 0 Å². The smallest absolute Gasteiger partial charge is 0.119 e. The van der Waals surface area contributed by atoms with Crippen LogP contribution in [0.2, 0.25) is 0 Å². The molecule has 0 fully saturated rings. The van der Waals surface area contributed by atoms with Crippen LogP contribution < -0.4 is 4.74 Å². The van der Waals surface area contributed by atoms with Crippen molar-refractivity contribution in [1.82, 2.24) is 0 Å². The summed E-state index contributed by atoms with van der Waals surface area (Å²) in [5, 5.41) is 8.65. The maximum atomic E-state index is 8.65. The van der Waals surface area contributed by atoms with Gasteiger partial charge in [-0.2, -0.15) is 5.26 Å². The van der Waals surface area contributed by atoms with Crippen molar-refractivity contribution in [2.24, 2.45) is 5.92 Å². The molecule has 0 aliphatic heterocycles. The molecule has 2 heteroatoms. The standard InChI is InChI=1S/C14H19NO/c1-10(2)14-6-5-13(7-12(14)4)16-9-11(3)8-15/h5-7,10-11H,9H2,1-4H3. The average molecular weight is 217 g/mol. The third-order valence-corrected chi connectivity index (χ3v) is 2.58. The van der Waals surface area contributed by atoms with Crippen LogP contribution in [0.15, 0.2) is 18.2 Å². The molecule has 1 unspecified atom stereocenters. The zero-order valence-corrected chi connectivity index (χ0v) is 10.4. The molecule has 1 atom stereocenters. The minimum absolute atomic E-state index is 0.0647. The Hall–Kier alpha value is -1.49. The Balaban J connectivity index is 2.71. The van der Waals surface area contributed by atoms with Crippen LogP contribution in [0.3, 0.4) is 0 Å². The first-order chi connectivity index (χ1) is 7.54. The lowest BCUT2D eigenvalue weighted by atomic mass is 9.98. The number of hydrogen-bond acceptors (Lipinski definition) is 2. The molecule has 1 rings (SSSR count). The fraction of sp³-hybridized carbons (Fsp3) is 0.500. The summed E-state index contributed by atoms with van der Waals surface area (Å²) in [5.74, 6) is 1.32. The molecule has 0 aliphatic rings. The van der Waals surface area contributed by atoms with Crippen LogP contribution in [-0.4, -0.2) is 6.61 Å². The number of nitriles is 1. The molecule has 86 valence electrons. The van der Waals surface area contributed by atoms with E-state index >= 15 is 0 Å². The third kappa shape index (κ3) is 3.27. The van der Waals surface area contributed by atoms with Gasteiger partial charge in [0.15, 0.2) is 0 Å². The van der Waals surface area contributed by atoms with Crippen molar-refractivity contribution in [3.05, 3.63) is 29.3 Å². The van der Waals surface area contributed by atoms with E-state index in [-0.39, 0.29) is 5.92 Å². The highest BCUT2D eigenvalue weighted by Crippen LogP contribution is 2.23. The molecule has 0 saturated carbocycles. The maximum absolute atomic E-state index is 8.65. The number of aryl methyl sites for hydroxylation is 1. The summed E-state index contributed by atoms with van der Waals surface area (Å²) < 4.78 is 5.55. The van der Waals surface area contributed by atoms with Gasteiger partial charge in [0.1, 0.15) is 12.4 Å². The highest BCUT2D eigenvalue weighted by atomic mass is 16.5. The molecule has 0 N–H and O–H groups in total. The van der Waals surface area contributed by atoms with E-state index in [9.17, 15) is 0 Å². The molecule has 0 spiro atoms. The van der Waals surface area contributed by atoms with Crippen molar-refractivity contribution < 1.29 is 4.74 Å². The van der Waals surface area contributed by atoms with Crippen LogP contribution in [0.25, 0.3) is 0 Å². The molecule has 0 radical (unpaired) electrons. The minimum Gasteiger partial charge on any atom is -0.492 e. The predicted octanol–water partition coefficient (Wildman–Crippen LogP) is 3.66. The van der Waals surface area contributed by atoms with Gasteiger partial charge in [0.05, 0.1) is 12.0 Å². The number of nitrogens with zero attached hydrogens (tertiary/aromatic N) is 1. The summed E-state index contributed by atoms with van der Waals surface area (Å²) in [6.45, 7) is 8.77. The molecule has 1 aromatic rings. The molecule has 16 heavy (non-hydrogen) atoms. The van der Waals surface area contributed by atoms with Crippen LogP contribution in [0.4, 0.5) is 0 Å². The van der Waals surface area contributed by atoms with E-state index in [4.69, 9.17) is 10.00 Å². The summed E-state index contributed by atoms with van der Waals surface area (Å²) >= 11 is 0. The molecule has 0 bridgehead atoms. The second kappa shape index (κ2) is 5.55. The van der Waals surface area contributed by atoms with E-state index in [1.54, 1.807) is 0 Å². The van der Waals surface area contributed by atoms with Gasteiger partial charge < -0.3 is 4.74 Å². The summed E-state index contributed by atoms with van der Waals surface area (Å²) in [6, 6.07) is 8.28. The molecular weight excluding hydrogens is 198 g/mol. The second-order valence-electron chi connectivity index (χ2n) is 4.51. The Morgan fingerprint density at radius 2 is 2.00 bits per heavy atom. The lowest BCUT2D eigenvalue weighted by Gasteiger charge is -2.12. The molecule has 2 nitrogen and oxygen atoms in total. The molecule has 0 heterocycles. The quantitative estimate of drug-likeness (QED) is 0.771. The Kier molecular flexibility index (Phi) is 4.37. The number of ether oxygens (including phenoxy) is 1. The Bertz CT molecular complexity index is 390. The Morgan fingerprint density at radius 1 is 1.31 bits per heavy atom. The van der Waals surface area contributed by atoms with Crippen molar-refractivity contribution in [1.29, 1.82) is 5.26 Å². The largest absolute Gasteiger partial charge is 0.492 e. The SMILES string of the molecule is Cc1cc(OCC(C)C#N)ccc1C(C)C. The first-order valence-electron chi connectivity index (χ1n) is 5.67. The Morgan fingerprint density at radius 3 is 2.50 bits per heavy atom. The number of hydrogen-bond donors (Lipinski definition) is 0. The molecular formula is C14H19NO. The van der Waals surface area contributed by atoms with E-state index in [1.165, 1.54) is 11.1 Å². The fourth-order valence-electron chi connectivity index (χ4n) is 1.64. The van der Waals surface area contributed by atoms with Crippen molar-refractivity contribution in [3.63, 3.8) is 0 Å². The van der Waals surface area contributed by atoms with Gasteiger partial charge in [-0.3, -0.25) is 0 Å². The van der Waals surface area contributed by atoms with Crippen LogP contribution in [0.1, 0.15) is 37.8 Å². The van der Waals surface area contributed by atoms with Crippen molar-refractivity contribution in [2.45, 2.75) is 33.6 Å². The number of rotatable bonds is 4. The molecule has 0 amide bonds. The predicted molar refractivity (Wildman–Crippen MR) is 65.5 cm³/mol. The van der Waals surface area contributed by atoms with Crippen LogP contribution in [-0.2, 0) is 0 Å². The van der Waals surface area contributed by atoms with E-state index in [2.05, 4.69) is 32.9 Å².